The Morgan fingerprint density at radius 2 is 2.33 bits per heavy atom. The number of rotatable bonds is 1. The molecule has 2 unspecified atom stereocenters. The highest BCUT2D eigenvalue weighted by Gasteiger charge is 2.33. The summed E-state index contributed by atoms with van der Waals surface area (Å²) in [4.78, 5) is 0. The second-order valence-electron chi connectivity index (χ2n) is 3.05. The van der Waals surface area contributed by atoms with Gasteiger partial charge in [0.1, 0.15) is 0 Å². The summed E-state index contributed by atoms with van der Waals surface area (Å²) in [5, 5.41) is 4.34. The Morgan fingerprint density at radius 1 is 1.67 bits per heavy atom. The lowest BCUT2D eigenvalue weighted by molar-refractivity contribution is 0.0222. The van der Waals surface area contributed by atoms with Crippen molar-refractivity contribution in [2.75, 3.05) is 13.7 Å². The molecule has 1 aliphatic heterocycles. The third-order valence-electron chi connectivity index (χ3n) is 1.96. The average molecular weight is 128 g/mol. The predicted molar refractivity (Wildman–Crippen MR) is 36.5 cm³/mol. The van der Waals surface area contributed by atoms with E-state index in [1.807, 2.05) is 0 Å². The molecule has 1 heterocycles. The SMILES string of the molecule is COC1(C)C[N]C(C)C1. The molecule has 53 valence electrons. The lowest BCUT2D eigenvalue weighted by Gasteiger charge is -2.19. The molecule has 0 saturated carbocycles. The van der Waals surface area contributed by atoms with E-state index in [1.54, 1.807) is 7.11 Å². The summed E-state index contributed by atoms with van der Waals surface area (Å²) in [6.07, 6.45) is 1.07. The van der Waals surface area contributed by atoms with Gasteiger partial charge in [-0.1, -0.05) is 0 Å². The monoisotopic (exact) mass is 128 g/mol. The Morgan fingerprint density at radius 3 is 2.56 bits per heavy atom. The van der Waals surface area contributed by atoms with Gasteiger partial charge in [-0.25, -0.2) is 5.32 Å². The van der Waals surface area contributed by atoms with Crippen LogP contribution in [0.2, 0.25) is 0 Å². The largest absolute Gasteiger partial charge is 0.377 e. The van der Waals surface area contributed by atoms with E-state index in [0.717, 1.165) is 13.0 Å². The van der Waals surface area contributed by atoms with Crippen molar-refractivity contribution in [2.24, 2.45) is 0 Å². The minimum atomic E-state index is 0.0411. The van der Waals surface area contributed by atoms with Crippen molar-refractivity contribution in [3.05, 3.63) is 0 Å². The van der Waals surface area contributed by atoms with Crippen molar-refractivity contribution >= 4 is 0 Å². The summed E-state index contributed by atoms with van der Waals surface area (Å²) in [5.41, 5.74) is 0.0411. The van der Waals surface area contributed by atoms with Crippen LogP contribution in [0.3, 0.4) is 0 Å². The van der Waals surface area contributed by atoms with Gasteiger partial charge in [-0.3, -0.25) is 0 Å². The molecule has 0 spiro atoms. The van der Waals surface area contributed by atoms with E-state index in [2.05, 4.69) is 19.2 Å². The van der Waals surface area contributed by atoms with Crippen molar-refractivity contribution in [1.29, 1.82) is 0 Å². The second-order valence-corrected chi connectivity index (χ2v) is 3.05. The molecule has 1 radical (unpaired) electrons. The molecule has 2 heteroatoms. The van der Waals surface area contributed by atoms with Crippen molar-refractivity contribution in [2.45, 2.75) is 31.9 Å². The third-order valence-corrected chi connectivity index (χ3v) is 1.96. The first-order valence-electron chi connectivity index (χ1n) is 3.38. The number of methoxy groups -OCH3 is 1. The summed E-state index contributed by atoms with van der Waals surface area (Å²) in [6, 6.07) is 0.495. The van der Waals surface area contributed by atoms with E-state index in [-0.39, 0.29) is 5.60 Å². The maximum Gasteiger partial charge on any atom is 0.0806 e. The van der Waals surface area contributed by atoms with E-state index < -0.39 is 0 Å². The molecule has 0 aliphatic carbocycles. The summed E-state index contributed by atoms with van der Waals surface area (Å²) in [5.74, 6) is 0. The highest BCUT2D eigenvalue weighted by Crippen LogP contribution is 2.22. The van der Waals surface area contributed by atoms with Crippen LogP contribution < -0.4 is 5.32 Å². The molecule has 0 N–H and O–H groups in total. The lowest BCUT2D eigenvalue weighted by atomic mass is 10.0. The van der Waals surface area contributed by atoms with E-state index in [1.165, 1.54) is 0 Å². The van der Waals surface area contributed by atoms with Crippen LogP contribution >= 0.6 is 0 Å². The topological polar surface area (TPSA) is 23.3 Å². The van der Waals surface area contributed by atoms with Crippen molar-refractivity contribution in [3.63, 3.8) is 0 Å². The Bertz CT molecular complexity index is 105. The first-order chi connectivity index (χ1) is 4.16. The molecule has 0 bridgehead atoms. The van der Waals surface area contributed by atoms with Crippen molar-refractivity contribution < 1.29 is 4.74 Å². The first kappa shape index (κ1) is 7.03. The molecule has 2 atom stereocenters. The maximum absolute atomic E-state index is 5.28. The average Bonchev–Trinajstić information content (AvgIpc) is 2.13. The van der Waals surface area contributed by atoms with E-state index >= 15 is 0 Å². The van der Waals surface area contributed by atoms with Crippen LogP contribution in [0.5, 0.6) is 0 Å². The van der Waals surface area contributed by atoms with Crippen molar-refractivity contribution in [1.82, 2.24) is 5.32 Å². The van der Waals surface area contributed by atoms with E-state index in [4.69, 9.17) is 4.74 Å². The fraction of sp³-hybridized carbons (Fsp3) is 1.00. The fourth-order valence-electron chi connectivity index (χ4n) is 1.25. The molecular formula is C7H14NO. The zero-order valence-electron chi connectivity index (χ0n) is 6.35. The quantitative estimate of drug-likeness (QED) is 0.512. The zero-order chi connectivity index (χ0) is 6.91. The molecule has 0 aromatic heterocycles. The van der Waals surface area contributed by atoms with Crippen LogP contribution in [0.4, 0.5) is 0 Å². The first-order valence-corrected chi connectivity index (χ1v) is 3.38. The number of hydrogen-bond acceptors (Lipinski definition) is 1. The number of nitrogens with zero attached hydrogens (tertiary/aromatic N) is 1. The van der Waals surface area contributed by atoms with Gasteiger partial charge in [0, 0.05) is 19.7 Å². The zero-order valence-corrected chi connectivity index (χ0v) is 6.35. The van der Waals surface area contributed by atoms with Gasteiger partial charge in [-0.15, -0.1) is 0 Å². The normalized spacial score (nSPS) is 43.7. The number of ether oxygens (including phenoxy) is 1. The standard InChI is InChI=1S/C7H14NO/c1-6-4-7(2,9-3)5-8-6/h6H,4-5H2,1-3H3. The van der Waals surface area contributed by atoms with Gasteiger partial charge >= 0.3 is 0 Å². The van der Waals surface area contributed by atoms with E-state index in [9.17, 15) is 0 Å². The fourth-order valence-corrected chi connectivity index (χ4v) is 1.25. The minimum absolute atomic E-state index is 0.0411. The Labute approximate surface area is 56.6 Å². The second kappa shape index (κ2) is 2.27. The van der Waals surface area contributed by atoms with Gasteiger partial charge in [0.2, 0.25) is 0 Å². The molecule has 0 amide bonds. The van der Waals surface area contributed by atoms with Gasteiger partial charge in [0.25, 0.3) is 0 Å². The molecule has 2 nitrogen and oxygen atoms in total. The van der Waals surface area contributed by atoms with Crippen molar-refractivity contribution in [3.8, 4) is 0 Å². The van der Waals surface area contributed by atoms with Gasteiger partial charge < -0.3 is 4.74 Å². The van der Waals surface area contributed by atoms with Crippen LogP contribution in [0.15, 0.2) is 0 Å². The van der Waals surface area contributed by atoms with Crippen LogP contribution in [0, 0.1) is 0 Å². The van der Waals surface area contributed by atoms with E-state index in [0.29, 0.717) is 6.04 Å². The van der Waals surface area contributed by atoms with Gasteiger partial charge in [-0.05, 0) is 20.3 Å². The summed E-state index contributed by atoms with van der Waals surface area (Å²) < 4.78 is 5.28. The third kappa shape index (κ3) is 1.43. The summed E-state index contributed by atoms with van der Waals surface area (Å²) in [6.45, 7) is 5.11. The molecule has 1 saturated heterocycles. The van der Waals surface area contributed by atoms with Crippen LogP contribution in [-0.4, -0.2) is 25.3 Å². The Hall–Kier alpha value is -0.0800. The number of hydrogen-bond donors (Lipinski definition) is 0. The molecule has 0 aromatic rings. The Kier molecular flexibility index (Phi) is 1.78. The van der Waals surface area contributed by atoms with Crippen LogP contribution in [0.25, 0.3) is 0 Å². The predicted octanol–water partition coefficient (Wildman–Crippen LogP) is 0.788. The maximum atomic E-state index is 5.28. The molecule has 0 aromatic carbocycles. The van der Waals surface area contributed by atoms with Gasteiger partial charge in [-0.2, -0.15) is 0 Å². The highest BCUT2D eigenvalue weighted by molar-refractivity contribution is 4.89. The smallest absolute Gasteiger partial charge is 0.0806 e. The minimum Gasteiger partial charge on any atom is -0.377 e. The molecule has 1 rings (SSSR count). The Balaban J connectivity index is 2.45. The van der Waals surface area contributed by atoms with Crippen LogP contribution in [0.1, 0.15) is 20.3 Å². The molecule has 1 aliphatic rings. The molecule has 9 heavy (non-hydrogen) atoms. The lowest BCUT2D eigenvalue weighted by Crippen LogP contribution is -2.27. The van der Waals surface area contributed by atoms with Gasteiger partial charge in [0.05, 0.1) is 5.60 Å². The van der Waals surface area contributed by atoms with Crippen LogP contribution in [-0.2, 0) is 4.74 Å². The molecular weight excluding hydrogens is 114 g/mol. The summed E-state index contributed by atoms with van der Waals surface area (Å²) in [7, 11) is 1.76. The highest BCUT2D eigenvalue weighted by atomic mass is 16.5. The van der Waals surface area contributed by atoms with Gasteiger partial charge in [0.15, 0.2) is 0 Å². The molecule has 1 fully saturated rings. The summed E-state index contributed by atoms with van der Waals surface area (Å²) >= 11 is 0.